The molecule has 0 radical (unpaired) electrons. The van der Waals surface area contributed by atoms with Crippen molar-refractivity contribution in [3.8, 4) is 0 Å². The van der Waals surface area contributed by atoms with Crippen LogP contribution in [0.5, 0.6) is 0 Å². The van der Waals surface area contributed by atoms with Gasteiger partial charge in [0.1, 0.15) is 0 Å². The smallest absolute Gasteiger partial charge is 0.340 e. The van der Waals surface area contributed by atoms with Gasteiger partial charge in [-0.15, -0.1) is 0 Å². The van der Waals surface area contributed by atoms with Gasteiger partial charge in [0.05, 0.1) is 18.2 Å². The maximum absolute atomic E-state index is 12.1. The first kappa shape index (κ1) is 15.4. The number of halogens is 1. The fraction of sp³-hybridized carbons (Fsp3) is 0.438. The van der Waals surface area contributed by atoms with Crippen LogP contribution in [0.4, 0.5) is 0 Å². The van der Waals surface area contributed by atoms with E-state index in [9.17, 15) is 4.79 Å². The number of fused-ring (bicyclic) bond motifs is 1. The number of carbonyl (C=O) groups is 1. The number of nitrogens with zero attached hydrogens (tertiary/aromatic N) is 1. The third kappa shape index (κ3) is 2.45. The van der Waals surface area contributed by atoms with Crippen LogP contribution >= 0.6 is 22.6 Å². The molecule has 3 nitrogen and oxygen atoms in total. The highest BCUT2D eigenvalue weighted by molar-refractivity contribution is 14.1. The first-order valence-electron chi connectivity index (χ1n) is 6.93. The van der Waals surface area contributed by atoms with Crippen molar-refractivity contribution in [2.45, 2.75) is 39.7 Å². The van der Waals surface area contributed by atoms with Crippen molar-refractivity contribution in [1.29, 1.82) is 0 Å². The number of hydrogen-bond acceptors (Lipinski definition) is 2. The Kier molecular flexibility index (Phi) is 4.73. The summed E-state index contributed by atoms with van der Waals surface area (Å²) in [6.45, 7) is 6.38. The van der Waals surface area contributed by atoms with Crippen LogP contribution in [0.3, 0.4) is 0 Å². The van der Waals surface area contributed by atoms with E-state index in [0.29, 0.717) is 11.6 Å². The number of rotatable bonds is 4. The zero-order valence-electron chi connectivity index (χ0n) is 12.4. The van der Waals surface area contributed by atoms with Crippen molar-refractivity contribution in [2.75, 3.05) is 7.11 Å². The molecule has 0 bridgehead atoms. The lowest BCUT2D eigenvalue weighted by Gasteiger charge is -2.19. The topological polar surface area (TPSA) is 31.2 Å². The number of ether oxygens (including phenoxy) is 1. The largest absolute Gasteiger partial charge is 0.465 e. The Hall–Kier alpha value is -1.04. The number of carbonyl (C=O) groups excluding carboxylic acids is 1. The summed E-state index contributed by atoms with van der Waals surface area (Å²) < 4.78 is 8.43. The molecule has 0 saturated carbocycles. The predicted molar refractivity (Wildman–Crippen MR) is 90.4 cm³/mol. The zero-order valence-corrected chi connectivity index (χ0v) is 14.5. The summed E-state index contributed by atoms with van der Waals surface area (Å²) in [7, 11) is 1.44. The minimum Gasteiger partial charge on any atom is -0.465 e. The molecular weight excluding hydrogens is 365 g/mol. The van der Waals surface area contributed by atoms with Crippen LogP contribution in [0, 0.1) is 10.5 Å². The fourth-order valence-electron chi connectivity index (χ4n) is 2.90. The Morgan fingerprint density at radius 1 is 1.35 bits per heavy atom. The van der Waals surface area contributed by atoms with Crippen LogP contribution in [0.25, 0.3) is 10.9 Å². The average Bonchev–Trinajstić information content (AvgIpc) is 2.72. The number of benzene rings is 1. The van der Waals surface area contributed by atoms with E-state index in [-0.39, 0.29) is 5.97 Å². The first-order valence-corrected chi connectivity index (χ1v) is 8.01. The van der Waals surface area contributed by atoms with E-state index in [4.69, 9.17) is 4.74 Å². The number of esters is 1. The third-order valence-corrected chi connectivity index (χ3v) is 4.58. The van der Waals surface area contributed by atoms with Gasteiger partial charge >= 0.3 is 5.97 Å². The number of hydrogen-bond donors (Lipinski definition) is 0. The van der Waals surface area contributed by atoms with Gasteiger partial charge in [-0.3, -0.25) is 0 Å². The molecule has 108 valence electrons. The van der Waals surface area contributed by atoms with E-state index >= 15 is 0 Å². The van der Waals surface area contributed by atoms with Crippen molar-refractivity contribution >= 4 is 39.5 Å². The van der Waals surface area contributed by atoms with Crippen LogP contribution in [-0.4, -0.2) is 17.6 Å². The molecule has 0 unspecified atom stereocenters. The Bertz CT molecular complexity index is 641. The SMILES string of the molecule is CCC(CC)n1c(C)c(C(=O)OC)c2ccc(I)cc21. The van der Waals surface area contributed by atoms with Gasteiger partial charge in [-0.05, 0) is 54.5 Å². The molecule has 0 spiro atoms. The molecule has 2 rings (SSSR count). The summed E-state index contributed by atoms with van der Waals surface area (Å²) in [6.07, 6.45) is 2.10. The van der Waals surface area contributed by atoms with E-state index in [2.05, 4.69) is 47.1 Å². The molecule has 1 aromatic carbocycles. The van der Waals surface area contributed by atoms with Crippen molar-refractivity contribution in [3.05, 3.63) is 33.0 Å². The van der Waals surface area contributed by atoms with Gasteiger partial charge in [0.2, 0.25) is 0 Å². The Labute approximate surface area is 133 Å². The summed E-state index contributed by atoms with van der Waals surface area (Å²) in [5, 5.41) is 0.988. The molecule has 20 heavy (non-hydrogen) atoms. The highest BCUT2D eigenvalue weighted by Gasteiger charge is 2.23. The van der Waals surface area contributed by atoms with Crippen LogP contribution < -0.4 is 0 Å². The molecule has 0 aliphatic heterocycles. The van der Waals surface area contributed by atoms with Crippen LogP contribution in [0.15, 0.2) is 18.2 Å². The van der Waals surface area contributed by atoms with Gasteiger partial charge in [0.15, 0.2) is 0 Å². The van der Waals surface area contributed by atoms with Crippen molar-refractivity contribution < 1.29 is 9.53 Å². The van der Waals surface area contributed by atoms with Crippen LogP contribution in [0.2, 0.25) is 0 Å². The second-order valence-corrected chi connectivity index (χ2v) is 6.20. The average molecular weight is 385 g/mol. The molecule has 0 amide bonds. The molecule has 0 aliphatic carbocycles. The second-order valence-electron chi connectivity index (χ2n) is 4.95. The van der Waals surface area contributed by atoms with Gasteiger partial charge in [-0.1, -0.05) is 19.9 Å². The quantitative estimate of drug-likeness (QED) is 0.564. The lowest BCUT2D eigenvalue weighted by molar-refractivity contribution is 0.0601. The Morgan fingerprint density at radius 2 is 2.00 bits per heavy atom. The lowest BCUT2D eigenvalue weighted by Crippen LogP contribution is -2.10. The molecule has 1 heterocycles. The molecule has 0 N–H and O–H groups in total. The van der Waals surface area contributed by atoms with Gasteiger partial charge in [0.25, 0.3) is 0 Å². The summed E-state index contributed by atoms with van der Waals surface area (Å²) in [6, 6.07) is 6.61. The van der Waals surface area contributed by atoms with Gasteiger partial charge in [-0.2, -0.15) is 0 Å². The van der Waals surface area contributed by atoms with Crippen molar-refractivity contribution in [1.82, 2.24) is 4.57 Å². The lowest BCUT2D eigenvalue weighted by atomic mass is 10.1. The van der Waals surface area contributed by atoms with E-state index in [0.717, 1.165) is 29.4 Å². The molecular formula is C16H20INO2. The predicted octanol–water partition coefficient (Wildman–Crippen LogP) is 4.70. The minimum absolute atomic E-state index is 0.251. The summed E-state index contributed by atoms with van der Waals surface area (Å²) in [5.41, 5.74) is 2.83. The maximum atomic E-state index is 12.1. The zero-order chi connectivity index (χ0) is 14.9. The van der Waals surface area contributed by atoms with Crippen LogP contribution in [-0.2, 0) is 4.74 Å². The summed E-state index contributed by atoms with van der Waals surface area (Å²) >= 11 is 2.31. The number of aromatic nitrogens is 1. The fourth-order valence-corrected chi connectivity index (χ4v) is 3.37. The summed E-state index contributed by atoms with van der Waals surface area (Å²) in [4.78, 5) is 12.1. The molecule has 2 aromatic rings. The molecule has 0 fully saturated rings. The maximum Gasteiger partial charge on any atom is 0.340 e. The van der Waals surface area contributed by atoms with Gasteiger partial charge in [-0.25, -0.2) is 4.79 Å². The normalized spacial score (nSPS) is 11.3. The third-order valence-electron chi connectivity index (χ3n) is 3.91. The molecule has 0 saturated heterocycles. The van der Waals surface area contributed by atoms with Crippen molar-refractivity contribution in [2.24, 2.45) is 0 Å². The van der Waals surface area contributed by atoms with E-state index < -0.39 is 0 Å². The second kappa shape index (κ2) is 6.16. The molecule has 0 aliphatic rings. The Balaban J connectivity index is 2.82. The standard InChI is InChI=1S/C16H20INO2/c1-5-12(6-2)18-10(3)15(16(19)20-4)13-8-7-11(17)9-14(13)18/h7-9,12H,5-6H2,1-4H3. The highest BCUT2D eigenvalue weighted by atomic mass is 127. The molecule has 4 heteroatoms. The Morgan fingerprint density at radius 3 is 2.55 bits per heavy atom. The van der Waals surface area contributed by atoms with Crippen molar-refractivity contribution in [3.63, 3.8) is 0 Å². The van der Waals surface area contributed by atoms with Gasteiger partial charge in [0, 0.05) is 20.7 Å². The van der Waals surface area contributed by atoms with E-state index in [1.165, 1.54) is 10.7 Å². The molecule has 0 atom stereocenters. The monoisotopic (exact) mass is 385 g/mol. The first-order chi connectivity index (χ1) is 9.54. The summed E-state index contributed by atoms with van der Waals surface area (Å²) in [5.74, 6) is -0.251. The van der Waals surface area contributed by atoms with Gasteiger partial charge < -0.3 is 9.30 Å². The number of methoxy groups -OCH3 is 1. The van der Waals surface area contributed by atoms with Crippen LogP contribution in [0.1, 0.15) is 48.8 Å². The van der Waals surface area contributed by atoms with E-state index in [1.807, 2.05) is 19.1 Å². The highest BCUT2D eigenvalue weighted by Crippen LogP contribution is 2.33. The minimum atomic E-state index is -0.251. The van der Waals surface area contributed by atoms with E-state index in [1.54, 1.807) is 0 Å². The molecule has 1 aromatic heterocycles.